The molecule has 2 aliphatic carbocycles. The van der Waals surface area contributed by atoms with Crippen LogP contribution in [0.3, 0.4) is 0 Å². The van der Waals surface area contributed by atoms with Crippen LogP contribution >= 0.6 is 0 Å². The van der Waals surface area contributed by atoms with E-state index in [1.54, 1.807) is 0 Å². The molecular formula is C30H46O9. The van der Waals surface area contributed by atoms with E-state index in [-0.39, 0.29) is 17.8 Å². The first-order valence-electron chi connectivity index (χ1n) is 15.6. The van der Waals surface area contributed by atoms with Crippen LogP contribution in [0.4, 0.5) is 0 Å². The van der Waals surface area contributed by atoms with Gasteiger partial charge < -0.3 is 23.7 Å². The van der Waals surface area contributed by atoms with Crippen molar-refractivity contribution >= 4 is 0 Å². The quantitative estimate of drug-likeness (QED) is 0.440. The number of fused-ring (bicyclic) bond motifs is 4. The van der Waals surface area contributed by atoms with E-state index < -0.39 is 47.2 Å². The molecule has 2 saturated carbocycles. The van der Waals surface area contributed by atoms with Crippen LogP contribution < -0.4 is 0 Å². The van der Waals surface area contributed by atoms with Gasteiger partial charge in [0.05, 0.1) is 12.2 Å². The lowest BCUT2D eigenvalue weighted by molar-refractivity contribution is -0.577. The smallest absolute Gasteiger partial charge is 0.201 e. The third-order valence-corrected chi connectivity index (χ3v) is 12.5. The van der Waals surface area contributed by atoms with Gasteiger partial charge in [-0.15, -0.1) is 0 Å². The maximum Gasteiger partial charge on any atom is 0.201 e. The van der Waals surface area contributed by atoms with Crippen molar-refractivity contribution in [3.05, 3.63) is 0 Å². The van der Waals surface area contributed by atoms with Crippen LogP contribution in [-0.2, 0) is 43.2 Å². The van der Waals surface area contributed by atoms with Gasteiger partial charge in [0.15, 0.2) is 30.1 Å². The molecule has 0 aromatic heterocycles. The van der Waals surface area contributed by atoms with E-state index in [9.17, 15) is 0 Å². The highest BCUT2D eigenvalue weighted by atomic mass is 17.3. The molecular weight excluding hydrogens is 504 g/mol. The van der Waals surface area contributed by atoms with E-state index in [1.807, 2.05) is 13.8 Å². The molecule has 0 amide bonds. The Morgan fingerprint density at radius 2 is 1.26 bits per heavy atom. The Bertz CT molecular complexity index is 1010. The highest BCUT2D eigenvalue weighted by molar-refractivity contribution is 5.15. The fourth-order valence-electron chi connectivity index (χ4n) is 10.3. The molecule has 0 aromatic rings. The van der Waals surface area contributed by atoms with Crippen molar-refractivity contribution < 1.29 is 43.2 Å². The van der Waals surface area contributed by atoms with E-state index in [0.717, 1.165) is 44.9 Å². The van der Waals surface area contributed by atoms with Gasteiger partial charge in [-0.1, -0.05) is 20.8 Å². The fraction of sp³-hybridized carbons (Fsp3) is 1.00. The predicted molar refractivity (Wildman–Crippen MR) is 135 cm³/mol. The lowest BCUT2D eigenvalue weighted by Crippen LogP contribution is -2.70. The molecule has 9 heteroatoms. The predicted octanol–water partition coefficient (Wildman–Crippen LogP) is 5.22. The molecule has 0 radical (unpaired) electrons. The summed E-state index contributed by atoms with van der Waals surface area (Å²) in [6.45, 7) is 13.4. The summed E-state index contributed by atoms with van der Waals surface area (Å²) in [6, 6.07) is 0. The summed E-state index contributed by atoms with van der Waals surface area (Å²) in [4.78, 5) is 24.6. The van der Waals surface area contributed by atoms with E-state index in [1.165, 1.54) is 6.42 Å². The molecule has 220 valence electrons. The number of rotatable bonds is 3. The van der Waals surface area contributed by atoms with Crippen LogP contribution in [0.5, 0.6) is 0 Å². The molecule has 8 aliphatic heterocycles. The van der Waals surface area contributed by atoms with E-state index in [0.29, 0.717) is 30.3 Å². The van der Waals surface area contributed by atoms with Crippen molar-refractivity contribution in [3.8, 4) is 0 Å². The lowest BCUT2D eigenvalue weighted by Gasteiger charge is -2.60. The van der Waals surface area contributed by atoms with Gasteiger partial charge in [0, 0.05) is 30.6 Å². The van der Waals surface area contributed by atoms with Crippen LogP contribution in [0.15, 0.2) is 0 Å². The van der Waals surface area contributed by atoms with Crippen molar-refractivity contribution in [2.75, 3.05) is 6.61 Å². The molecule has 4 unspecified atom stereocenters. The highest BCUT2D eigenvalue weighted by Gasteiger charge is 2.74. The van der Waals surface area contributed by atoms with E-state index in [2.05, 4.69) is 27.7 Å². The molecule has 8 heterocycles. The van der Waals surface area contributed by atoms with Gasteiger partial charge in [-0.05, 0) is 83.0 Å². The summed E-state index contributed by atoms with van der Waals surface area (Å²) < 4.78 is 33.3. The van der Waals surface area contributed by atoms with Gasteiger partial charge in [0.25, 0.3) is 0 Å². The number of ether oxygens (including phenoxy) is 5. The molecule has 8 saturated heterocycles. The van der Waals surface area contributed by atoms with Crippen LogP contribution in [-0.4, -0.2) is 53.9 Å². The molecule has 10 rings (SSSR count). The second-order valence-electron chi connectivity index (χ2n) is 14.9. The van der Waals surface area contributed by atoms with Gasteiger partial charge in [0.1, 0.15) is 0 Å². The second kappa shape index (κ2) is 8.38. The topological polar surface area (TPSA) is 83.1 Å². The average Bonchev–Trinajstić information content (AvgIpc) is 3.10. The summed E-state index contributed by atoms with van der Waals surface area (Å²) in [6.07, 6.45) is 6.55. The average molecular weight is 551 g/mol. The molecule has 4 bridgehead atoms. The molecule has 0 N–H and O–H groups in total. The Labute approximate surface area is 231 Å². The van der Waals surface area contributed by atoms with Crippen LogP contribution in [0, 0.1) is 41.4 Å². The monoisotopic (exact) mass is 550 g/mol. The maximum absolute atomic E-state index is 6.81. The summed E-state index contributed by atoms with van der Waals surface area (Å²) in [5, 5.41) is 0. The third-order valence-electron chi connectivity index (χ3n) is 12.5. The van der Waals surface area contributed by atoms with Gasteiger partial charge in [-0.2, -0.15) is 0 Å². The molecule has 2 spiro atoms. The first-order valence-corrected chi connectivity index (χ1v) is 15.6. The minimum absolute atomic E-state index is 0.102. The Balaban J connectivity index is 1.06. The Morgan fingerprint density at radius 1 is 0.641 bits per heavy atom. The van der Waals surface area contributed by atoms with Crippen LogP contribution in [0.1, 0.15) is 92.9 Å². The van der Waals surface area contributed by atoms with Gasteiger partial charge in [-0.3, -0.25) is 0 Å². The number of hydrogen-bond donors (Lipinski definition) is 0. The summed E-state index contributed by atoms with van der Waals surface area (Å²) >= 11 is 0. The van der Waals surface area contributed by atoms with Crippen molar-refractivity contribution in [3.63, 3.8) is 0 Å². The van der Waals surface area contributed by atoms with Gasteiger partial charge in [0.2, 0.25) is 11.6 Å². The zero-order valence-electron chi connectivity index (χ0n) is 24.3. The standard InChI is InChI=1S/C30H46O9/c1-16-7-9-21-18(3)23(32-24-29(21)19(16)11-13-27(5,34-24)36-38-29)31-15-26(4)22-10-8-17(2)20-12-14-28(6)35-25(33-26)30(20,22)39-37-28/h16-25H,7-15H2,1-6H3/t16-,17+,18-,19?,20?,21+,22?,23+,24-,25?,26+,27+,28-,29-,30+/m1/s1. The first-order chi connectivity index (χ1) is 18.5. The van der Waals surface area contributed by atoms with E-state index in [4.69, 9.17) is 43.2 Å². The molecule has 10 aliphatic rings. The van der Waals surface area contributed by atoms with Crippen molar-refractivity contribution in [2.45, 2.75) is 140 Å². The minimum atomic E-state index is -0.797. The Kier molecular flexibility index (Phi) is 5.65. The van der Waals surface area contributed by atoms with Crippen LogP contribution in [0.2, 0.25) is 0 Å². The summed E-state index contributed by atoms with van der Waals surface area (Å²) in [5.41, 5.74) is -1.79. The van der Waals surface area contributed by atoms with Crippen molar-refractivity contribution in [1.29, 1.82) is 0 Å². The minimum Gasteiger partial charge on any atom is -0.349 e. The second-order valence-corrected chi connectivity index (χ2v) is 14.9. The molecule has 0 aromatic carbocycles. The largest absolute Gasteiger partial charge is 0.349 e. The first kappa shape index (κ1) is 26.3. The van der Waals surface area contributed by atoms with E-state index >= 15 is 0 Å². The van der Waals surface area contributed by atoms with Crippen LogP contribution in [0.25, 0.3) is 0 Å². The SMILES string of the molecule is C[C@H]1[C@@H](OC[C@]2(C)OC3O[C@@]4(C)CCC5[C@@H](C)CCC2[C@]35OO4)O[C@@H]2O[C@]3(C)CCC4[C@H](C)CC[C@@H]1[C@]42OO3. The number of hydrogen-bond acceptors (Lipinski definition) is 9. The maximum atomic E-state index is 6.81. The normalized spacial score (nSPS) is 63.2. The Hall–Kier alpha value is -0.360. The molecule has 39 heavy (non-hydrogen) atoms. The molecule has 10 fully saturated rings. The molecule has 9 nitrogen and oxygen atoms in total. The van der Waals surface area contributed by atoms with Crippen molar-refractivity contribution in [2.24, 2.45) is 41.4 Å². The zero-order valence-corrected chi connectivity index (χ0v) is 24.3. The summed E-state index contributed by atoms with van der Waals surface area (Å²) in [5.74, 6) is 0.582. The van der Waals surface area contributed by atoms with Crippen molar-refractivity contribution in [1.82, 2.24) is 0 Å². The lowest BCUT2D eigenvalue weighted by atomic mass is 9.58. The molecule has 15 atom stereocenters. The Morgan fingerprint density at radius 3 is 1.97 bits per heavy atom. The highest BCUT2D eigenvalue weighted by Crippen LogP contribution is 2.64. The summed E-state index contributed by atoms with van der Waals surface area (Å²) in [7, 11) is 0. The third kappa shape index (κ3) is 3.40. The van der Waals surface area contributed by atoms with Gasteiger partial charge in [-0.25, -0.2) is 19.6 Å². The zero-order chi connectivity index (χ0) is 27.0. The fourth-order valence-corrected chi connectivity index (χ4v) is 10.3. The van der Waals surface area contributed by atoms with Gasteiger partial charge >= 0.3 is 0 Å².